The summed E-state index contributed by atoms with van der Waals surface area (Å²) in [5, 5.41) is 0. The second-order valence-electron chi connectivity index (χ2n) is 7.47. The zero-order valence-corrected chi connectivity index (χ0v) is 16.0. The van der Waals surface area contributed by atoms with E-state index in [4.69, 9.17) is 9.15 Å². The summed E-state index contributed by atoms with van der Waals surface area (Å²) in [6.07, 6.45) is 4.49. The van der Waals surface area contributed by atoms with Gasteiger partial charge in [0.15, 0.2) is 5.58 Å². The highest BCUT2D eigenvalue weighted by atomic mass is 16.5. The Kier molecular flexibility index (Phi) is 5.03. The third kappa shape index (κ3) is 3.78. The van der Waals surface area contributed by atoms with Crippen LogP contribution in [-0.2, 0) is 12.8 Å². The Hall–Kier alpha value is -2.53. The molecule has 27 heavy (non-hydrogen) atoms. The minimum absolute atomic E-state index is 0.398. The van der Waals surface area contributed by atoms with Crippen molar-refractivity contribution in [1.29, 1.82) is 0 Å². The van der Waals surface area contributed by atoms with E-state index in [2.05, 4.69) is 41.2 Å². The summed E-state index contributed by atoms with van der Waals surface area (Å²) in [4.78, 5) is 16.4. The van der Waals surface area contributed by atoms with Crippen molar-refractivity contribution in [2.24, 2.45) is 0 Å². The predicted octanol–water partition coefficient (Wildman–Crippen LogP) is 3.72. The van der Waals surface area contributed by atoms with E-state index in [1.54, 1.807) is 7.11 Å². The van der Waals surface area contributed by atoms with Gasteiger partial charge in [-0.05, 0) is 73.5 Å². The van der Waals surface area contributed by atoms with E-state index >= 15 is 0 Å². The highest BCUT2D eigenvalue weighted by molar-refractivity contribution is 5.72. The van der Waals surface area contributed by atoms with Gasteiger partial charge in [0.2, 0.25) is 0 Å². The second kappa shape index (κ2) is 7.61. The lowest BCUT2D eigenvalue weighted by molar-refractivity contribution is 0.299. The first-order chi connectivity index (χ1) is 13.1. The Labute approximate surface area is 158 Å². The van der Waals surface area contributed by atoms with Crippen LogP contribution in [0, 0.1) is 0 Å². The van der Waals surface area contributed by atoms with E-state index in [1.165, 1.54) is 29.5 Å². The minimum atomic E-state index is -0.398. The minimum Gasteiger partial charge on any atom is -0.496 e. The van der Waals surface area contributed by atoms with Gasteiger partial charge < -0.3 is 14.1 Å². The lowest BCUT2D eigenvalue weighted by Crippen LogP contribution is -2.28. The van der Waals surface area contributed by atoms with Gasteiger partial charge in [0.25, 0.3) is 0 Å². The molecule has 1 aliphatic rings. The molecule has 2 aromatic carbocycles. The van der Waals surface area contributed by atoms with Crippen molar-refractivity contribution in [3.63, 3.8) is 0 Å². The highest BCUT2D eigenvalue weighted by Crippen LogP contribution is 2.36. The van der Waals surface area contributed by atoms with Crippen LogP contribution in [0.25, 0.3) is 11.1 Å². The molecule has 0 unspecified atom stereocenters. The number of rotatable bonds is 6. The largest absolute Gasteiger partial charge is 0.496 e. The monoisotopic (exact) mass is 366 g/mol. The Balaban J connectivity index is 1.41. The van der Waals surface area contributed by atoms with Crippen LogP contribution in [0.15, 0.2) is 45.6 Å². The molecule has 0 amide bonds. The van der Waals surface area contributed by atoms with Crippen molar-refractivity contribution in [3.05, 3.63) is 63.6 Å². The number of benzene rings is 2. The maximum atomic E-state index is 11.3. The molecule has 5 nitrogen and oxygen atoms in total. The summed E-state index contributed by atoms with van der Waals surface area (Å²) in [6, 6.07) is 12.4. The Morgan fingerprint density at radius 3 is 3.04 bits per heavy atom. The number of aromatic nitrogens is 1. The SMILES string of the molecule is COc1cccc2c1CCC[C@H]2CN(C)CCc1ccc2[nH]c(=O)oc2c1. The first-order valence-electron chi connectivity index (χ1n) is 9.60. The molecule has 0 bridgehead atoms. The lowest BCUT2D eigenvalue weighted by atomic mass is 9.82. The fourth-order valence-corrected chi connectivity index (χ4v) is 4.23. The van der Waals surface area contributed by atoms with Crippen LogP contribution in [-0.4, -0.2) is 37.1 Å². The van der Waals surface area contributed by atoms with Crippen LogP contribution in [0.2, 0.25) is 0 Å². The normalized spacial score (nSPS) is 16.6. The number of hydrogen-bond acceptors (Lipinski definition) is 4. The third-order valence-corrected chi connectivity index (χ3v) is 5.61. The zero-order valence-electron chi connectivity index (χ0n) is 16.0. The fraction of sp³-hybridized carbons (Fsp3) is 0.409. The van der Waals surface area contributed by atoms with Crippen LogP contribution >= 0.6 is 0 Å². The standard InChI is InChI=1S/C22H26N2O3/c1-24(12-11-15-9-10-19-21(13-15)27-22(25)23-19)14-16-5-3-7-18-17(16)6-4-8-20(18)26-2/h4,6,8-10,13,16H,3,5,7,11-12,14H2,1-2H3,(H,23,25)/t16-/m0/s1. The summed E-state index contributed by atoms with van der Waals surface area (Å²) in [5.74, 6) is 1.19. The number of methoxy groups -OCH3 is 1. The van der Waals surface area contributed by atoms with Crippen molar-refractivity contribution in [3.8, 4) is 5.75 Å². The van der Waals surface area contributed by atoms with Gasteiger partial charge in [-0.3, -0.25) is 4.98 Å². The number of nitrogens with zero attached hydrogens (tertiary/aromatic N) is 1. The number of likely N-dealkylation sites (N-methyl/N-ethyl adjacent to an activating group) is 1. The second-order valence-corrected chi connectivity index (χ2v) is 7.47. The van der Waals surface area contributed by atoms with E-state index < -0.39 is 5.76 Å². The van der Waals surface area contributed by atoms with E-state index in [0.29, 0.717) is 11.5 Å². The molecule has 0 aliphatic heterocycles. The van der Waals surface area contributed by atoms with Crippen LogP contribution in [0.5, 0.6) is 5.75 Å². The first kappa shape index (κ1) is 17.9. The van der Waals surface area contributed by atoms with E-state index in [0.717, 1.165) is 37.2 Å². The maximum Gasteiger partial charge on any atom is 0.417 e. The molecule has 0 spiro atoms. The summed E-state index contributed by atoms with van der Waals surface area (Å²) < 4.78 is 10.7. The van der Waals surface area contributed by atoms with E-state index in [1.807, 2.05) is 12.1 Å². The van der Waals surface area contributed by atoms with Crippen LogP contribution < -0.4 is 10.5 Å². The molecule has 1 aromatic heterocycles. The zero-order chi connectivity index (χ0) is 18.8. The molecule has 5 heteroatoms. The van der Waals surface area contributed by atoms with Crippen LogP contribution in [0.1, 0.15) is 35.4 Å². The first-order valence-corrected chi connectivity index (χ1v) is 9.60. The number of ether oxygens (including phenoxy) is 1. The van der Waals surface area contributed by atoms with Gasteiger partial charge in [-0.2, -0.15) is 0 Å². The van der Waals surface area contributed by atoms with Crippen LogP contribution in [0.3, 0.4) is 0 Å². The molecule has 3 aromatic rings. The summed E-state index contributed by atoms with van der Waals surface area (Å²) in [6.45, 7) is 2.01. The predicted molar refractivity (Wildman–Crippen MR) is 107 cm³/mol. The molecule has 0 saturated carbocycles. The van der Waals surface area contributed by atoms with Gasteiger partial charge >= 0.3 is 5.76 Å². The van der Waals surface area contributed by atoms with Gasteiger partial charge in [-0.15, -0.1) is 0 Å². The average molecular weight is 366 g/mol. The van der Waals surface area contributed by atoms with Crippen molar-refractivity contribution in [1.82, 2.24) is 9.88 Å². The molecule has 4 rings (SSSR count). The molecule has 1 atom stereocenters. The van der Waals surface area contributed by atoms with E-state index in [-0.39, 0.29) is 0 Å². The molecule has 0 saturated heterocycles. The Morgan fingerprint density at radius 1 is 1.30 bits per heavy atom. The molecule has 1 aliphatic carbocycles. The highest BCUT2D eigenvalue weighted by Gasteiger charge is 2.23. The van der Waals surface area contributed by atoms with Crippen molar-refractivity contribution in [2.75, 3.05) is 27.2 Å². The Morgan fingerprint density at radius 2 is 2.19 bits per heavy atom. The number of nitrogens with one attached hydrogen (secondary N) is 1. The van der Waals surface area contributed by atoms with E-state index in [9.17, 15) is 4.79 Å². The molecular formula is C22H26N2O3. The number of oxazole rings is 1. The summed E-state index contributed by atoms with van der Waals surface area (Å²) in [5.41, 5.74) is 5.40. The van der Waals surface area contributed by atoms with Crippen molar-refractivity contribution >= 4 is 11.1 Å². The summed E-state index contributed by atoms with van der Waals surface area (Å²) in [7, 11) is 3.94. The molecule has 1 N–H and O–H groups in total. The Bertz CT molecular complexity index is 989. The van der Waals surface area contributed by atoms with Crippen molar-refractivity contribution < 1.29 is 9.15 Å². The number of fused-ring (bicyclic) bond motifs is 2. The maximum absolute atomic E-state index is 11.3. The summed E-state index contributed by atoms with van der Waals surface area (Å²) >= 11 is 0. The van der Waals surface area contributed by atoms with Gasteiger partial charge in [0.05, 0.1) is 12.6 Å². The third-order valence-electron chi connectivity index (χ3n) is 5.61. The van der Waals surface area contributed by atoms with Gasteiger partial charge in [-0.1, -0.05) is 18.2 Å². The lowest BCUT2D eigenvalue weighted by Gasteiger charge is -2.30. The average Bonchev–Trinajstić information content (AvgIpc) is 3.05. The number of H-pyrrole nitrogens is 1. The van der Waals surface area contributed by atoms with Gasteiger partial charge in [0.1, 0.15) is 5.75 Å². The molecule has 1 heterocycles. The molecule has 142 valence electrons. The van der Waals surface area contributed by atoms with Gasteiger partial charge in [0, 0.05) is 13.1 Å². The van der Waals surface area contributed by atoms with Crippen molar-refractivity contribution in [2.45, 2.75) is 31.6 Å². The smallest absolute Gasteiger partial charge is 0.417 e. The molecule has 0 fully saturated rings. The topological polar surface area (TPSA) is 58.5 Å². The molecular weight excluding hydrogens is 340 g/mol. The number of hydrogen-bond donors (Lipinski definition) is 1. The van der Waals surface area contributed by atoms with Crippen LogP contribution in [0.4, 0.5) is 0 Å². The van der Waals surface area contributed by atoms with Gasteiger partial charge in [-0.25, -0.2) is 4.79 Å². The number of aromatic amines is 1. The molecule has 0 radical (unpaired) electrons. The fourth-order valence-electron chi connectivity index (χ4n) is 4.23. The quantitative estimate of drug-likeness (QED) is 0.722.